The third-order valence-electron chi connectivity index (χ3n) is 2.84. The molecule has 0 saturated carbocycles. The van der Waals surface area contributed by atoms with Crippen molar-refractivity contribution in [2.24, 2.45) is 5.73 Å². The van der Waals surface area contributed by atoms with Crippen LogP contribution in [0.4, 0.5) is 0 Å². The summed E-state index contributed by atoms with van der Waals surface area (Å²) in [4.78, 5) is 2.34. The second kappa shape index (κ2) is 8.97. The summed E-state index contributed by atoms with van der Waals surface area (Å²) < 4.78 is 5.53. The maximum Gasteiger partial charge on any atom is 0.0824 e. The lowest BCUT2D eigenvalue weighted by Gasteiger charge is -2.32. The van der Waals surface area contributed by atoms with Crippen LogP contribution in [0.5, 0.6) is 0 Å². The fourth-order valence-corrected chi connectivity index (χ4v) is 2.13. The van der Waals surface area contributed by atoms with Gasteiger partial charge in [-0.1, -0.05) is 29.8 Å². The smallest absolute Gasteiger partial charge is 0.0824 e. The van der Waals surface area contributed by atoms with Crippen LogP contribution in [0.15, 0.2) is 24.3 Å². The number of hydrogen-bond donors (Lipinski definition) is 1. The molecular formula is C12H19Cl3N2O. The summed E-state index contributed by atoms with van der Waals surface area (Å²) in [7, 11) is 0. The molecule has 0 aromatic heterocycles. The fraction of sp³-hybridized carbons (Fsp3) is 0.500. The Labute approximate surface area is 125 Å². The van der Waals surface area contributed by atoms with Crippen LogP contribution in [-0.4, -0.2) is 37.2 Å². The number of rotatable bonds is 3. The van der Waals surface area contributed by atoms with Crippen molar-refractivity contribution in [2.75, 3.05) is 26.2 Å². The van der Waals surface area contributed by atoms with E-state index in [0.29, 0.717) is 6.54 Å². The highest BCUT2D eigenvalue weighted by Gasteiger charge is 2.19. The van der Waals surface area contributed by atoms with Crippen LogP contribution in [0, 0.1) is 0 Å². The minimum atomic E-state index is 0. The molecule has 1 aromatic carbocycles. The zero-order chi connectivity index (χ0) is 11.4. The molecule has 1 aromatic rings. The minimum Gasteiger partial charge on any atom is -0.374 e. The molecule has 1 aliphatic heterocycles. The molecule has 1 aliphatic rings. The van der Waals surface area contributed by atoms with Gasteiger partial charge in [-0.15, -0.1) is 24.8 Å². The zero-order valence-electron chi connectivity index (χ0n) is 10.0. The molecule has 0 spiro atoms. The Balaban J connectivity index is 0.00000144. The Bertz CT molecular complexity index is 352. The third kappa shape index (κ3) is 4.92. The second-order valence-corrected chi connectivity index (χ2v) is 4.46. The van der Waals surface area contributed by atoms with Gasteiger partial charge in [-0.3, -0.25) is 4.90 Å². The Morgan fingerprint density at radius 1 is 1.33 bits per heavy atom. The molecular weight excluding hydrogens is 295 g/mol. The number of nitrogens with two attached hydrogens (primary N) is 1. The van der Waals surface area contributed by atoms with E-state index < -0.39 is 0 Å². The molecule has 0 bridgehead atoms. The van der Waals surface area contributed by atoms with Crippen LogP contribution in [0.25, 0.3) is 0 Å². The molecule has 1 atom stereocenters. The van der Waals surface area contributed by atoms with Crippen molar-refractivity contribution >= 4 is 36.4 Å². The molecule has 1 fully saturated rings. The first kappa shape index (κ1) is 18.0. The van der Waals surface area contributed by atoms with Gasteiger partial charge in [-0.05, 0) is 11.6 Å². The van der Waals surface area contributed by atoms with E-state index in [0.717, 1.165) is 31.3 Å². The number of nitrogens with zero attached hydrogens (tertiary/aromatic N) is 1. The molecule has 3 nitrogen and oxygen atoms in total. The highest BCUT2D eigenvalue weighted by atomic mass is 35.5. The van der Waals surface area contributed by atoms with Crippen molar-refractivity contribution in [3.8, 4) is 0 Å². The van der Waals surface area contributed by atoms with E-state index >= 15 is 0 Å². The summed E-state index contributed by atoms with van der Waals surface area (Å²) in [6, 6.07) is 7.96. The first-order chi connectivity index (χ1) is 7.79. The molecule has 0 radical (unpaired) electrons. The summed E-state index contributed by atoms with van der Waals surface area (Å²) in [5.41, 5.74) is 6.78. The number of hydrogen-bond acceptors (Lipinski definition) is 3. The molecule has 104 valence electrons. The van der Waals surface area contributed by atoms with E-state index in [1.165, 1.54) is 5.56 Å². The molecule has 18 heavy (non-hydrogen) atoms. The molecule has 1 saturated heterocycles. The molecule has 0 amide bonds. The number of ether oxygens (including phenoxy) is 1. The lowest BCUT2D eigenvalue weighted by Crippen LogP contribution is -2.45. The number of benzene rings is 1. The Kier molecular flexibility index (Phi) is 8.95. The Hall–Kier alpha value is -0.0300. The molecule has 6 heteroatoms. The van der Waals surface area contributed by atoms with Gasteiger partial charge < -0.3 is 10.5 Å². The normalized spacial score (nSPS) is 19.8. The van der Waals surface area contributed by atoms with Crippen molar-refractivity contribution in [3.63, 3.8) is 0 Å². The topological polar surface area (TPSA) is 38.5 Å². The summed E-state index contributed by atoms with van der Waals surface area (Å²) in [5, 5.41) is 0.832. The van der Waals surface area contributed by atoms with E-state index in [1.54, 1.807) is 0 Å². The van der Waals surface area contributed by atoms with E-state index in [1.807, 2.05) is 18.2 Å². The highest BCUT2D eigenvalue weighted by Crippen LogP contribution is 2.18. The predicted octanol–water partition coefficient (Wildman–Crippen LogP) is 2.34. The van der Waals surface area contributed by atoms with Gasteiger partial charge >= 0.3 is 0 Å². The zero-order valence-corrected chi connectivity index (χ0v) is 12.4. The number of morpholine rings is 1. The van der Waals surface area contributed by atoms with Gasteiger partial charge in [0, 0.05) is 31.2 Å². The van der Waals surface area contributed by atoms with Crippen molar-refractivity contribution < 1.29 is 4.74 Å². The number of halogens is 3. The van der Waals surface area contributed by atoms with Crippen LogP contribution in [0.1, 0.15) is 5.56 Å². The molecule has 0 aliphatic carbocycles. The van der Waals surface area contributed by atoms with Gasteiger partial charge in [0.1, 0.15) is 0 Å². The fourth-order valence-electron chi connectivity index (χ4n) is 1.93. The average Bonchev–Trinajstić information content (AvgIpc) is 2.32. The quantitative estimate of drug-likeness (QED) is 0.931. The first-order valence-electron chi connectivity index (χ1n) is 5.57. The monoisotopic (exact) mass is 312 g/mol. The van der Waals surface area contributed by atoms with Gasteiger partial charge in [-0.25, -0.2) is 0 Å². The maximum absolute atomic E-state index is 6.13. The summed E-state index contributed by atoms with van der Waals surface area (Å²) in [5.74, 6) is 0. The van der Waals surface area contributed by atoms with Gasteiger partial charge in [0.25, 0.3) is 0 Å². The van der Waals surface area contributed by atoms with E-state index in [9.17, 15) is 0 Å². The van der Waals surface area contributed by atoms with E-state index in [4.69, 9.17) is 22.1 Å². The van der Waals surface area contributed by atoms with E-state index in [2.05, 4.69) is 11.0 Å². The summed E-state index contributed by atoms with van der Waals surface area (Å²) in [6.45, 7) is 4.05. The molecule has 1 heterocycles. The van der Waals surface area contributed by atoms with Crippen LogP contribution in [0.2, 0.25) is 5.02 Å². The molecule has 2 N–H and O–H groups in total. The van der Waals surface area contributed by atoms with E-state index in [-0.39, 0.29) is 30.9 Å². The van der Waals surface area contributed by atoms with Crippen LogP contribution in [-0.2, 0) is 11.3 Å². The van der Waals surface area contributed by atoms with Crippen LogP contribution < -0.4 is 5.73 Å². The molecule has 1 unspecified atom stereocenters. The van der Waals surface area contributed by atoms with Gasteiger partial charge in [0.15, 0.2) is 0 Å². The maximum atomic E-state index is 6.13. The van der Waals surface area contributed by atoms with Crippen LogP contribution in [0.3, 0.4) is 0 Å². The molecule has 2 rings (SSSR count). The lowest BCUT2D eigenvalue weighted by molar-refractivity contribution is -0.0260. The largest absolute Gasteiger partial charge is 0.374 e. The average molecular weight is 314 g/mol. The lowest BCUT2D eigenvalue weighted by atomic mass is 10.2. The summed E-state index contributed by atoms with van der Waals surface area (Å²) >= 11 is 6.13. The summed E-state index contributed by atoms with van der Waals surface area (Å²) in [6.07, 6.45) is 0.163. The first-order valence-corrected chi connectivity index (χ1v) is 5.95. The minimum absolute atomic E-state index is 0. The van der Waals surface area contributed by atoms with Crippen LogP contribution >= 0.6 is 36.4 Å². The third-order valence-corrected chi connectivity index (χ3v) is 3.21. The Morgan fingerprint density at radius 2 is 2.06 bits per heavy atom. The van der Waals surface area contributed by atoms with Gasteiger partial charge in [0.05, 0.1) is 12.7 Å². The van der Waals surface area contributed by atoms with Crippen molar-refractivity contribution in [2.45, 2.75) is 12.6 Å². The standard InChI is InChI=1S/C12H17ClN2O.2ClH/c13-12-4-2-1-3-10(12)8-15-5-6-16-11(7-14)9-15;;/h1-4,11H,5-9,14H2;2*1H. The second-order valence-electron chi connectivity index (χ2n) is 4.06. The van der Waals surface area contributed by atoms with Gasteiger partial charge in [-0.2, -0.15) is 0 Å². The van der Waals surface area contributed by atoms with Gasteiger partial charge in [0.2, 0.25) is 0 Å². The van der Waals surface area contributed by atoms with Crippen molar-refractivity contribution in [3.05, 3.63) is 34.9 Å². The van der Waals surface area contributed by atoms with Crippen molar-refractivity contribution in [1.29, 1.82) is 0 Å². The SMILES string of the molecule is Cl.Cl.NCC1CN(Cc2ccccc2Cl)CCO1. The highest BCUT2D eigenvalue weighted by molar-refractivity contribution is 6.31. The predicted molar refractivity (Wildman–Crippen MR) is 80.0 cm³/mol. The van der Waals surface area contributed by atoms with Crippen molar-refractivity contribution in [1.82, 2.24) is 4.90 Å². The Morgan fingerprint density at radius 3 is 2.72 bits per heavy atom.